The highest BCUT2D eigenvalue weighted by Crippen LogP contribution is 2.36. The fourth-order valence-corrected chi connectivity index (χ4v) is 1.62. The number of nitrogens with zero attached hydrogens (tertiary/aromatic N) is 2. The zero-order chi connectivity index (χ0) is 11.8. The second-order valence-electron chi connectivity index (χ2n) is 3.68. The summed E-state index contributed by atoms with van der Waals surface area (Å²) in [6.07, 6.45) is 1.68. The van der Waals surface area contributed by atoms with Crippen molar-refractivity contribution in [2.24, 2.45) is 7.05 Å². The fraction of sp³-hybridized carbons (Fsp3) is 0.182. The van der Waals surface area contributed by atoms with Gasteiger partial charge in [0.1, 0.15) is 11.4 Å². The second kappa shape index (κ2) is 3.58. The van der Waals surface area contributed by atoms with Crippen molar-refractivity contribution in [3.05, 3.63) is 24.4 Å². The number of ether oxygens (including phenoxy) is 3. The van der Waals surface area contributed by atoms with Gasteiger partial charge in [0.25, 0.3) is 5.88 Å². The molecule has 6 nitrogen and oxygen atoms in total. The molecule has 6 heteroatoms. The summed E-state index contributed by atoms with van der Waals surface area (Å²) in [6, 6.07) is 5.31. The van der Waals surface area contributed by atoms with E-state index in [4.69, 9.17) is 19.9 Å². The number of aromatic nitrogens is 2. The van der Waals surface area contributed by atoms with Gasteiger partial charge >= 0.3 is 0 Å². The summed E-state index contributed by atoms with van der Waals surface area (Å²) in [6.45, 7) is 0.241. The molecule has 1 aromatic heterocycles. The van der Waals surface area contributed by atoms with E-state index in [1.807, 2.05) is 0 Å². The molecule has 0 bridgehead atoms. The van der Waals surface area contributed by atoms with Crippen LogP contribution < -0.4 is 19.9 Å². The van der Waals surface area contributed by atoms with E-state index in [9.17, 15) is 0 Å². The number of benzene rings is 1. The van der Waals surface area contributed by atoms with E-state index in [1.54, 1.807) is 36.1 Å². The molecule has 0 spiro atoms. The normalized spacial score (nSPS) is 12.8. The third-order valence-corrected chi connectivity index (χ3v) is 2.38. The second-order valence-corrected chi connectivity index (χ2v) is 3.68. The lowest BCUT2D eigenvalue weighted by atomic mass is 10.3. The molecular weight excluding hydrogens is 222 g/mol. The molecule has 0 unspecified atom stereocenters. The number of anilines is 1. The minimum absolute atomic E-state index is 0.241. The molecule has 0 radical (unpaired) electrons. The summed E-state index contributed by atoms with van der Waals surface area (Å²) in [4.78, 5) is 0. The number of hydrogen-bond donors (Lipinski definition) is 1. The van der Waals surface area contributed by atoms with Gasteiger partial charge in [-0.1, -0.05) is 0 Å². The van der Waals surface area contributed by atoms with Crippen LogP contribution in [0.2, 0.25) is 0 Å². The first-order chi connectivity index (χ1) is 8.22. The van der Waals surface area contributed by atoms with Crippen LogP contribution in [-0.4, -0.2) is 16.6 Å². The summed E-state index contributed by atoms with van der Waals surface area (Å²) >= 11 is 0. The van der Waals surface area contributed by atoms with Gasteiger partial charge in [-0.3, -0.25) is 4.68 Å². The van der Waals surface area contributed by atoms with E-state index < -0.39 is 0 Å². The molecule has 0 fully saturated rings. The molecule has 1 aliphatic heterocycles. The van der Waals surface area contributed by atoms with E-state index in [0.717, 1.165) is 0 Å². The number of aryl methyl sites for hydroxylation is 1. The van der Waals surface area contributed by atoms with Crippen molar-refractivity contribution < 1.29 is 14.2 Å². The Kier molecular flexibility index (Phi) is 2.07. The summed E-state index contributed by atoms with van der Waals surface area (Å²) < 4.78 is 17.6. The Hall–Kier alpha value is -2.37. The topological polar surface area (TPSA) is 71.5 Å². The van der Waals surface area contributed by atoms with Crippen LogP contribution >= 0.6 is 0 Å². The first-order valence-electron chi connectivity index (χ1n) is 5.09. The van der Waals surface area contributed by atoms with Crippen molar-refractivity contribution in [1.82, 2.24) is 9.78 Å². The van der Waals surface area contributed by atoms with E-state index in [2.05, 4.69) is 5.10 Å². The SMILES string of the molecule is Cn1cc(N)c(Oc2ccc3c(c2)OCO3)n1. The van der Waals surface area contributed by atoms with Gasteiger partial charge in [-0.15, -0.1) is 5.10 Å². The van der Waals surface area contributed by atoms with Crippen LogP contribution in [0, 0.1) is 0 Å². The molecule has 2 heterocycles. The van der Waals surface area contributed by atoms with Gasteiger partial charge in [-0.05, 0) is 12.1 Å². The molecule has 1 aromatic carbocycles. The maximum Gasteiger partial charge on any atom is 0.261 e. The molecule has 0 atom stereocenters. The van der Waals surface area contributed by atoms with Gasteiger partial charge in [0.05, 0.1) is 6.20 Å². The fourth-order valence-electron chi connectivity index (χ4n) is 1.62. The van der Waals surface area contributed by atoms with Crippen molar-refractivity contribution in [2.75, 3.05) is 12.5 Å². The van der Waals surface area contributed by atoms with Crippen LogP contribution in [0.3, 0.4) is 0 Å². The Balaban J connectivity index is 1.88. The Morgan fingerprint density at radius 1 is 1.35 bits per heavy atom. The van der Waals surface area contributed by atoms with Gasteiger partial charge in [0.15, 0.2) is 11.5 Å². The van der Waals surface area contributed by atoms with Crippen LogP contribution in [-0.2, 0) is 7.05 Å². The molecular formula is C11H11N3O3. The molecule has 88 valence electrons. The van der Waals surface area contributed by atoms with Gasteiger partial charge in [-0.25, -0.2) is 0 Å². The van der Waals surface area contributed by atoms with E-state index >= 15 is 0 Å². The van der Waals surface area contributed by atoms with E-state index in [0.29, 0.717) is 28.8 Å². The van der Waals surface area contributed by atoms with Crippen LogP contribution in [0.1, 0.15) is 0 Å². The average Bonchev–Trinajstić information content (AvgIpc) is 2.85. The number of nitrogen functional groups attached to an aromatic ring is 1. The monoisotopic (exact) mass is 233 g/mol. The third-order valence-electron chi connectivity index (χ3n) is 2.38. The van der Waals surface area contributed by atoms with Crippen LogP contribution in [0.4, 0.5) is 5.69 Å². The number of hydrogen-bond acceptors (Lipinski definition) is 5. The average molecular weight is 233 g/mol. The lowest BCUT2D eigenvalue weighted by molar-refractivity contribution is 0.174. The molecule has 0 aliphatic carbocycles. The largest absolute Gasteiger partial charge is 0.454 e. The van der Waals surface area contributed by atoms with Gasteiger partial charge in [0, 0.05) is 13.1 Å². The molecule has 0 saturated heterocycles. The number of nitrogens with two attached hydrogens (primary N) is 1. The van der Waals surface area contributed by atoms with E-state index in [1.165, 1.54) is 0 Å². The molecule has 0 saturated carbocycles. The summed E-state index contributed by atoms with van der Waals surface area (Å²) in [5.41, 5.74) is 6.23. The van der Waals surface area contributed by atoms with Crippen molar-refractivity contribution in [3.63, 3.8) is 0 Å². The maximum absolute atomic E-state index is 5.74. The van der Waals surface area contributed by atoms with Crippen LogP contribution in [0.5, 0.6) is 23.1 Å². The Morgan fingerprint density at radius 3 is 2.94 bits per heavy atom. The highest BCUT2D eigenvalue weighted by atomic mass is 16.7. The minimum Gasteiger partial charge on any atom is -0.454 e. The molecule has 0 amide bonds. The molecule has 2 aromatic rings. The molecule has 17 heavy (non-hydrogen) atoms. The summed E-state index contributed by atoms with van der Waals surface area (Å²) in [5.74, 6) is 2.37. The highest BCUT2D eigenvalue weighted by Gasteiger charge is 2.15. The zero-order valence-corrected chi connectivity index (χ0v) is 9.21. The Bertz CT molecular complexity index is 565. The van der Waals surface area contributed by atoms with Gasteiger partial charge in [0.2, 0.25) is 6.79 Å². The van der Waals surface area contributed by atoms with Gasteiger partial charge < -0.3 is 19.9 Å². The Morgan fingerprint density at radius 2 is 2.18 bits per heavy atom. The van der Waals surface area contributed by atoms with Crippen molar-refractivity contribution >= 4 is 5.69 Å². The lowest BCUT2D eigenvalue weighted by Gasteiger charge is -2.03. The minimum atomic E-state index is 0.241. The quantitative estimate of drug-likeness (QED) is 0.851. The zero-order valence-electron chi connectivity index (χ0n) is 9.21. The molecule has 2 N–H and O–H groups in total. The van der Waals surface area contributed by atoms with Gasteiger partial charge in [-0.2, -0.15) is 0 Å². The maximum atomic E-state index is 5.74. The highest BCUT2D eigenvalue weighted by molar-refractivity contribution is 5.51. The predicted molar refractivity (Wildman–Crippen MR) is 60.3 cm³/mol. The predicted octanol–water partition coefficient (Wildman–Crippen LogP) is 1.52. The third kappa shape index (κ3) is 1.73. The van der Waals surface area contributed by atoms with Crippen LogP contribution in [0.15, 0.2) is 24.4 Å². The first kappa shape index (κ1) is 9.83. The van der Waals surface area contributed by atoms with Crippen molar-refractivity contribution in [1.29, 1.82) is 0 Å². The molecule has 3 rings (SSSR count). The smallest absolute Gasteiger partial charge is 0.261 e. The number of rotatable bonds is 2. The van der Waals surface area contributed by atoms with Crippen molar-refractivity contribution in [3.8, 4) is 23.1 Å². The standard InChI is InChI=1S/C11H11N3O3/c1-14-5-8(12)11(13-14)17-7-2-3-9-10(4-7)16-6-15-9/h2-5H,6,12H2,1H3. The van der Waals surface area contributed by atoms with Crippen LogP contribution in [0.25, 0.3) is 0 Å². The summed E-state index contributed by atoms with van der Waals surface area (Å²) in [7, 11) is 1.78. The Labute approximate surface area is 97.5 Å². The first-order valence-corrected chi connectivity index (χ1v) is 5.09. The summed E-state index contributed by atoms with van der Waals surface area (Å²) in [5, 5.41) is 4.10. The van der Waals surface area contributed by atoms with E-state index in [-0.39, 0.29) is 6.79 Å². The number of fused-ring (bicyclic) bond motifs is 1. The lowest BCUT2D eigenvalue weighted by Crippen LogP contribution is -1.93. The molecule has 1 aliphatic rings. The van der Waals surface area contributed by atoms with Crippen molar-refractivity contribution in [2.45, 2.75) is 0 Å².